The standard InChI is InChI=1S/C22H26O2/c1-3-4-11-17(2)24-21(23)20-16-22(20,18-12-7-5-8-13-18)19-14-9-6-10-15-19/h5-10,12-15,17,20H,3-4,11,16H2,1-2H3/t17-,20-/m0/s1. The van der Waals surface area contributed by atoms with Crippen LogP contribution in [0, 0.1) is 5.92 Å². The van der Waals surface area contributed by atoms with E-state index < -0.39 is 0 Å². The van der Waals surface area contributed by atoms with Gasteiger partial charge in [-0.1, -0.05) is 80.4 Å². The van der Waals surface area contributed by atoms with Gasteiger partial charge in [0.15, 0.2) is 0 Å². The Labute approximate surface area is 144 Å². The molecule has 126 valence electrons. The molecule has 1 aliphatic carbocycles. The molecule has 0 amide bonds. The van der Waals surface area contributed by atoms with Crippen molar-refractivity contribution in [2.45, 2.75) is 51.0 Å². The number of esters is 1. The average Bonchev–Trinajstić information content (AvgIpc) is 3.39. The predicted molar refractivity (Wildman–Crippen MR) is 96.9 cm³/mol. The highest BCUT2D eigenvalue weighted by Gasteiger charge is 2.61. The summed E-state index contributed by atoms with van der Waals surface area (Å²) in [5.41, 5.74) is 2.20. The second kappa shape index (κ2) is 7.21. The van der Waals surface area contributed by atoms with Crippen LogP contribution >= 0.6 is 0 Å². The Balaban J connectivity index is 1.81. The topological polar surface area (TPSA) is 26.3 Å². The summed E-state index contributed by atoms with van der Waals surface area (Å²) in [6.07, 6.45) is 4.01. The van der Waals surface area contributed by atoms with Crippen molar-refractivity contribution < 1.29 is 9.53 Å². The summed E-state index contributed by atoms with van der Waals surface area (Å²) in [4.78, 5) is 12.7. The molecule has 2 heteroatoms. The van der Waals surface area contributed by atoms with Gasteiger partial charge < -0.3 is 4.74 Å². The molecule has 2 nitrogen and oxygen atoms in total. The van der Waals surface area contributed by atoms with E-state index in [1.165, 1.54) is 11.1 Å². The minimum absolute atomic E-state index is 0.00213. The van der Waals surface area contributed by atoms with E-state index in [-0.39, 0.29) is 23.4 Å². The summed E-state index contributed by atoms with van der Waals surface area (Å²) >= 11 is 0. The van der Waals surface area contributed by atoms with Crippen molar-refractivity contribution in [3.8, 4) is 0 Å². The zero-order valence-corrected chi connectivity index (χ0v) is 14.6. The number of ether oxygens (including phenoxy) is 1. The maximum Gasteiger partial charge on any atom is 0.310 e. The number of benzene rings is 2. The quantitative estimate of drug-likeness (QED) is 0.662. The van der Waals surface area contributed by atoms with Gasteiger partial charge in [-0.15, -0.1) is 0 Å². The highest BCUT2D eigenvalue weighted by Crippen LogP contribution is 2.59. The molecule has 1 fully saturated rings. The van der Waals surface area contributed by atoms with E-state index in [0.717, 1.165) is 25.7 Å². The Bertz CT molecular complexity index is 623. The molecule has 0 aromatic heterocycles. The van der Waals surface area contributed by atoms with E-state index in [4.69, 9.17) is 4.74 Å². The van der Waals surface area contributed by atoms with E-state index in [9.17, 15) is 4.79 Å². The lowest BCUT2D eigenvalue weighted by atomic mass is 9.86. The van der Waals surface area contributed by atoms with Crippen molar-refractivity contribution in [2.24, 2.45) is 5.92 Å². The van der Waals surface area contributed by atoms with E-state index in [0.29, 0.717) is 0 Å². The first-order valence-electron chi connectivity index (χ1n) is 9.00. The van der Waals surface area contributed by atoms with Crippen LogP contribution in [0.5, 0.6) is 0 Å². The molecular formula is C22H26O2. The lowest BCUT2D eigenvalue weighted by Gasteiger charge is -2.20. The summed E-state index contributed by atoms with van der Waals surface area (Å²) < 4.78 is 5.74. The maximum atomic E-state index is 12.7. The third-order valence-corrected chi connectivity index (χ3v) is 5.10. The first-order chi connectivity index (χ1) is 11.7. The molecule has 0 radical (unpaired) electrons. The highest BCUT2D eigenvalue weighted by atomic mass is 16.5. The average molecular weight is 322 g/mol. The summed E-state index contributed by atoms with van der Waals surface area (Å²) in [7, 11) is 0. The van der Waals surface area contributed by atoms with E-state index in [1.54, 1.807) is 0 Å². The van der Waals surface area contributed by atoms with Crippen LogP contribution in [-0.4, -0.2) is 12.1 Å². The smallest absolute Gasteiger partial charge is 0.310 e. The van der Waals surface area contributed by atoms with Crippen molar-refractivity contribution >= 4 is 5.97 Å². The first-order valence-corrected chi connectivity index (χ1v) is 9.00. The van der Waals surface area contributed by atoms with Crippen molar-refractivity contribution in [1.29, 1.82) is 0 Å². The lowest BCUT2D eigenvalue weighted by molar-refractivity contribution is -0.150. The van der Waals surface area contributed by atoms with E-state index >= 15 is 0 Å². The number of rotatable bonds is 7. The van der Waals surface area contributed by atoms with Gasteiger partial charge in [0.25, 0.3) is 0 Å². The van der Waals surface area contributed by atoms with Gasteiger partial charge in [0.05, 0.1) is 12.0 Å². The Morgan fingerprint density at radius 1 is 1.08 bits per heavy atom. The number of unbranched alkanes of at least 4 members (excludes halogenated alkanes) is 1. The molecule has 2 aromatic rings. The molecule has 24 heavy (non-hydrogen) atoms. The van der Waals surface area contributed by atoms with Gasteiger partial charge in [0.1, 0.15) is 0 Å². The lowest BCUT2D eigenvalue weighted by Crippen LogP contribution is -2.22. The van der Waals surface area contributed by atoms with Gasteiger partial charge in [-0.3, -0.25) is 4.79 Å². The summed E-state index contributed by atoms with van der Waals surface area (Å²) in [6, 6.07) is 20.7. The molecule has 0 bridgehead atoms. The molecule has 0 saturated heterocycles. The molecular weight excluding hydrogens is 296 g/mol. The minimum atomic E-state index is -0.218. The van der Waals surface area contributed by atoms with Gasteiger partial charge in [-0.25, -0.2) is 0 Å². The van der Waals surface area contributed by atoms with Crippen LogP contribution in [0.3, 0.4) is 0 Å². The van der Waals surface area contributed by atoms with Crippen molar-refractivity contribution in [3.05, 3.63) is 71.8 Å². The van der Waals surface area contributed by atoms with Gasteiger partial charge in [0, 0.05) is 5.41 Å². The largest absolute Gasteiger partial charge is 0.462 e. The van der Waals surface area contributed by atoms with E-state index in [2.05, 4.69) is 31.2 Å². The van der Waals surface area contributed by atoms with Crippen LogP contribution in [0.1, 0.15) is 50.7 Å². The zero-order chi connectivity index (χ0) is 17.0. The molecule has 2 atom stereocenters. The van der Waals surface area contributed by atoms with Gasteiger partial charge in [0.2, 0.25) is 0 Å². The summed E-state index contributed by atoms with van der Waals surface area (Å²) in [6.45, 7) is 4.16. The second-order valence-electron chi connectivity index (χ2n) is 6.85. The third-order valence-electron chi connectivity index (χ3n) is 5.10. The fourth-order valence-corrected chi connectivity index (χ4v) is 3.65. The van der Waals surface area contributed by atoms with Crippen LogP contribution in [0.4, 0.5) is 0 Å². The Morgan fingerprint density at radius 3 is 2.12 bits per heavy atom. The fraction of sp³-hybridized carbons (Fsp3) is 0.409. The number of carbonyl (C=O) groups excluding carboxylic acids is 1. The predicted octanol–water partition coefficient (Wildman–Crippen LogP) is 5.11. The Morgan fingerprint density at radius 2 is 1.62 bits per heavy atom. The maximum absolute atomic E-state index is 12.7. The van der Waals surface area contributed by atoms with E-state index in [1.807, 2.05) is 43.3 Å². The first kappa shape index (κ1) is 16.8. The number of hydrogen-bond acceptors (Lipinski definition) is 2. The van der Waals surface area contributed by atoms with Crippen LogP contribution < -0.4 is 0 Å². The summed E-state index contributed by atoms with van der Waals surface area (Å²) in [5.74, 6) is -0.127. The molecule has 0 N–H and O–H groups in total. The third kappa shape index (κ3) is 3.24. The molecule has 3 rings (SSSR count). The number of carbonyl (C=O) groups is 1. The van der Waals surface area contributed by atoms with Crippen molar-refractivity contribution in [1.82, 2.24) is 0 Å². The molecule has 1 saturated carbocycles. The monoisotopic (exact) mass is 322 g/mol. The van der Waals surface area contributed by atoms with Gasteiger partial charge >= 0.3 is 5.97 Å². The van der Waals surface area contributed by atoms with Crippen LogP contribution in [0.2, 0.25) is 0 Å². The number of hydrogen-bond donors (Lipinski definition) is 0. The molecule has 0 unspecified atom stereocenters. The van der Waals surface area contributed by atoms with Gasteiger partial charge in [-0.2, -0.15) is 0 Å². The van der Waals surface area contributed by atoms with Crippen molar-refractivity contribution in [3.63, 3.8) is 0 Å². The molecule has 0 spiro atoms. The zero-order valence-electron chi connectivity index (χ0n) is 14.6. The Hall–Kier alpha value is -2.09. The second-order valence-corrected chi connectivity index (χ2v) is 6.85. The highest BCUT2D eigenvalue weighted by molar-refractivity contribution is 5.81. The molecule has 2 aromatic carbocycles. The summed E-state index contributed by atoms with van der Waals surface area (Å²) in [5, 5.41) is 0. The minimum Gasteiger partial charge on any atom is -0.462 e. The van der Waals surface area contributed by atoms with Crippen molar-refractivity contribution in [2.75, 3.05) is 0 Å². The van der Waals surface area contributed by atoms with Crippen LogP contribution in [0.15, 0.2) is 60.7 Å². The molecule has 0 heterocycles. The molecule has 0 aliphatic heterocycles. The normalized spacial score (nSPS) is 19.5. The van der Waals surface area contributed by atoms with Crippen LogP contribution in [0.25, 0.3) is 0 Å². The Kier molecular flexibility index (Phi) is 5.03. The molecule has 1 aliphatic rings. The van der Waals surface area contributed by atoms with Gasteiger partial charge in [-0.05, 0) is 30.9 Å². The SMILES string of the molecule is CCCC[C@H](C)OC(=O)[C@@H]1CC1(c1ccccc1)c1ccccc1. The van der Waals surface area contributed by atoms with Crippen LogP contribution in [-0.2, 0) is 14.9 Å². The fourth-order valence-electron chi connectivity index (χ4n) is 3.65.